The number of imidazole rings is 1. The van der Waals surface area contributed by atoms with Gasteiger partial charge < -0.3 is 5.73 Å². The van der Waals surface area contributed by atoms with E-state index in [-0.39, 0.29) is 0 Å². The summed E-state index contributed by atoms with van der Waals surface area (Å²) in [5.74, 6) is 1.08. The summed E-state index contributed by atoms with van der Waals surface area (Å²) in [6.45, 7) is 21.8. The molecule has 5 heteroatoms. The molecule has 2 heterocycles. The smallest absolute Gasteiger partial charge is 0.317 e. The van der Waals surface area contributed by atoms with Gasteiger partial charge in [0.1, 0.15) is 12.4 Å². The molecule has 1 aromatic carbocycles. The molecule has 0 aliphatic heterocycles. The molecule has 0 atom stereocenters. The maximum absolute atomic E-state index is 5.36. The number of nitrogens with zero attached hydrogens (tertiary/aromatic N) is 3. The minimum atomic E-state index is 0.822. The highest BCUT2D eigenvalue weighted by molar-refractivity contribution is 7.99. The molecule has 0 unspecified atom stereocenters. The number of hydrogen-bond acceptors (Lipinski definition) is 2. The summed E-state index contributed by atoms with van der Waals surface area (Å²) in [5, 5.41) is 1.29. The normalized spacial score (nSPS) is 8.56. The molecule has 2 aromatic heterocycles. The lowest BCUT2D eigenvalue weighted by Crippen LogP contribution is -2.34. The van der Waals surface area contributed by atoms with Crippen molar-refractivity contribution in [3.05, 3.63) is 84.5 Å². The third-order valence-electron chi connectivity index (χ3n) is 4.27. The van der Waals surface area contributed by atoms with Crippen molar-refractivity contribution >= 4 is 17.4 Å². The van der Waals surface area contributed by atoms with E-state index in [0.29, 0.717) is 0 Å². The molecule has 0 saturated carbocycles. The molecule has 2 N–H and O–H groups in total. The van der Waals surface area contributed by atoms with Crippen molar-refractivity contribution in [2.45, 2.75) is 87.4 Å². The number of hydrogen-bond donors (Lipinski definition) is 1. The minimum Gasteiger partial charge on any atom is -0.399 e. The number of nitrogens with two attached hydrogens (primary N) is 1. The zero-order chi connectivity index (χ0) is 28.4. The van der Waals surface area contributed by atoms with E-state index in [1.807, 2.05) is 75.9 Å². The predicted molar refractivity (Wildman–Crippen MR) is 163 cm³/mol. The number of allylic oxidation sites excluding steroid dienone is 2. The monoisotopic (exact) mass is 516 g/mol. The lowest BCUT2D eigenvalue weighted by Gasteiger charge is -1.97. The van der Waals surface area contributed by atoms with Crippen molar-refractivity contribution in [2.24, 2.45) is 14.1 Å². The van der Waals surface area contributed by atoms with Gasteiger partial charge in [-0.1, -0.05) is 83.4 Å². The van der Waals surface area contributed by atoms with Crippen LogP contribution in [0.1, 0.15) is 75.7 Å². The van der Waals surface area contributed by atoms with Gasteiger partial charge in [-0.15, -0.1) is 0 Å². The molecule has 0 aliphatic carbocycles. The maximum atomic E-state index is 5.36. The van der Waals surface area contributed by atoms with E-state index in [1.54, 1.807) is 0 Å². The Kier molecular flexibility index (Phi) is 28.6. The molecule has 0 radical (unpaired) electrons. The fourth-order valence-corrected chi connectivity index (χ4v) is 3.07. The van der Waals surface area contributed by atoms with Gasteiger partial charge in [0.15, 0.2) is 18.9 Å². The molecular formula is C31H56N4S+2. The van der Waals surface area contributed by atoms with Gasteiger partial charge in [0.2, 0.25) is 0 Å². The predicted octanol–water partition coefficient (Wildman–Crippen LogP) is 8.03. The Hall–Kier alpha value is -2.53. The van der Waals surface area contributed by atoms with Crippen molar-refractivity contribution in [3.63, 3.8) is 0 Å². The van der Waals surface area contributed by atoms with E-state index in [2.05, 4.69) is 106 Å². The zero-order valence-corrected chi connectivity index (χ0v) is 26.2. The topological polar surface area (TPSA) is 38.7 Å². The van der Waals surface area contributed by atoms with Crippen LogP contribution in [0.15, 0.2) is 89.6 Å². The lowest BCUT2D eigenvalue weighted by molar-refractivity contribution is -0.709. The second-order valence-corrected chi connectivity index (χ2v) is 8.94. The molecule has 3 rings (SSSR count). The Labute approximate surface area is 228 Å². The van der Waals surface area contributed by atoms with E-state index >= 15 is 0 Å². The zero-order valence-electron chi connectivity index (χ0n) is 25.4. The molecule has 0 saturated heterocycles. The molecule has 3 aromatic rings. The van der Waals surface area contributed by atoms with E-state index in [4.69, 9.17) is 5.73 Å². The van der Waals surface area contributed by atoms with Crippen LogP contribution in [0.4, 0.5) is 5.69 Å². The molecule has 36 heavy (non-hydrogen) atoms. The van der Waals surface area contributed by atoms with Crippen molar-refractivity contribution in [1.29, 1.82) is 0 Å². The Morgan fingerprint density at radius 2 is 1.25 bits per heavy atom. The second-order valence-electron chi connectivity index (χ2n) is 7.88. The van der Waals surface area contributed by atoms with Gasteiger partial charge in [-0.3, -0.25) is 0 Å². The van der Waals surface area contributed by atoms with Crippen LogP contribution >= 0.6 is 11.8 Å². The number of aryl methyl sites for hydroxylation is 3. The van der Waals surface area contributed by atoms with E-state index in [0.717, 1.165) is 18.0 Å². The lowest BCUT2D eigenvalue weighted by atomic mass is 10.2. The van der Waals surface area contributed by atoms with Gasteiger partial charge in [0, 0.05) is 17.8 Å². The largest absolute Gasteiger partial charge is 0.399 e. The summed E-state index contributed by atoms with van der Waals surface area (Å²) in [4.78, 5) is 0. The van der Waals surface area contributed by atoms with E-state index in [9.17, 15) is 0 Å². The van der Waals surface area contributed by atoms with Crippen molar-refractivity contribution in [1.82, 2.24) is 4.57 Å². The van der Waals surface area contributed by atoms with Crippen molar-refractivity contribution in [2.75, 3.05) is 11.5 Å². The van der Waals surface area contributed by atoms with Crippen LogP contribution in [0.3, 0.4) is 0 Å². The van der Waals surface area contributed by atoms with Gasteiger partial charge in [0.25, 0.3) is 0 Å². The first-order valence-electron chi connectivity index (χ1n) is 13.2. The number of para-hydroxylation sites is 1. The first-order chi connectivity index (χ1) is 17.2. The highest BCUT2D eigenvalue weighted by atomic mass is 32.2. The van der Waals surface area contributed by atoms with Crippen molar-refractivity contribution in [3.8, 4) is 0 Å². The second kappa shape index (κ2) is 27.1. The van der Waals surface area contributed by atoms with Crippen LogP contribution in [0.25, 0.3) is 0 Å². The molecule has 0 amide bonds. The number of pyridine rings is 1. The van der Waals surface area contributed by atoms with Gasteiger partial charge in [-0.25, -0.2) is 13.7 Å². The van der Waals surface area contributed by atoms with Crippen LogP contribution in [-0.4, -0.2) is 10.3 Å². The Morgan fingerprint density at radius 1 is 0.806 bits per heavy atom. The van der Waals surface area contributed by atoms with Crippen molar-refractivity contribution < 1.29 is 9.13 Å². The van der Waals surface area contributed by atoms with Gasteiger partial charge in [-0.05, 0) is 51.6 Å². The number of aromatic nitrogens is 3. The first kappa shape index (κ1) is 38.0. The summed E-state index contributed by atoms with van der Waals surface area (Å²) in [5.41, 5.74) is 9.03. The van der Waals surface area contributed by atoms with Crippen LogP contribution in [0.5, 0.6) is 0 Å². The van der Waals surface area contributed by atoms with Crippen LogP contribution in [0.2, 0.25) is 0 Å². The molecular weight excluding hydrogens is 460 g/mol. The van der Waals surface area contributed by atoms with Crippen LogP contribution in [0, 0.1) is 0 Å². The minimum absolute atomic E-state index is 0.822. The molecule has 0 aliphatic rings. The molecule has 0 bridgehead atoms. The number of anilines is 1. The summed E-state index contributed by atoms with van der Waals surface area (Å²) in [6, 6.07) is 15.7. The van der Waals surface area contributed by atoms with Gasteiger partial charge >= 0.3 is 5.16 Å². The number of benzene rings is 1. The third kappa shape index (κ3) is 22.0. The summed E-state index contributed by atoms with van der Waals surface area (Å²) < 4.78 is 6.51. The van der Waals surface area contributed by atoms with Crippen LogP contribution < -0.4 is 14.9 Å². The maximum Gasteiger partial charge on any atom is 0.317 e. The Balaban J connectivity index is -0.000000455. The molecule has 204 valence electrons. The quantitative estimate of drug-likeness (QED) is 0.165. The van der Waals surface area contributed by atoms with Gasteiger partial charge in [-0.2, -0.15) is 0 Å². The van der Waals surface area contributed by atoms with Gasteiger partial charge in [0.05, 0.1) is 19.8 Å². The highest BCUT2D eigenvalue weighted by Gasteiger charge is 2.12. The number of nitrogen functional groups attached to an aromatic ring is 1. The van der Waals surface area contributed by atoms with E-state index in [1.165, 1.54) is 22.7 Å². The summed E-state index contributed by atoms with van der Waals surface area (Å²) >= 11 is 1.88. The average Bonchev–Trinajstić information content (AvgIpc) is 3.21. The SMILES string of the molecule is CC.CC.CC(C)=C(C)C.CCC.Cn1cc[n+](C)c1SCC[n+]1ccccc1.Nc1ccccc1. The summed E-state index contributed by atoms with van der Waals surface area (Å²) in [6.07, 6.45) is 9.62. The Morgan fingerprint density at radius 3 is 1.58 bits per heavy atom. The summed E-state index contributed by atoms with van der Waals surface area (Å²) in [7, 11) is 4.16. The third-order valence-corrected chi connectivity index (χ3v) is 5.50. The first-order valence-corrected chi connectivity index (χ1v) is 14.2. The number of rotatable bonds is 4. The fourth-order valence-electron chi connectivity index (χ4n) is 2.06. The Bertz CT molecular complexity index is 835. The standard InChI is InChI=1S/C12H17N3S.C6H7N.C6H12.C3H8.2C2H6/c1-13-8-9-14(2)12(13)16-11-10-15-6-4-3-5-7-15;7-6-4-2-1-3-5-6;1-5(2)6(3)4;1-3-2;2*1-2/h3-9H,10-11H2,1-2H3;1-5H,7H2;1-4H3;3H2,1-2H3;2*1-2H3/q+2;;;;;. The fraction of sp³-hybridized carbons (Fsp3) is 0.484. The van der Waals surface area contributed by atoms with E-state index < -0.39 is 0 Å². The average molecular weight is 517 g/mol. The molecule has 0 fully saturated rings. The molecule has 0 spiro atoms. The number of thioether (sulfide) groups is 1. The van der Waals surface area contributed by atoms with Crippen LogP contribution in [-0.2, 0) is 20.6 Å². The molecule has 4 nitrogen and oxygen atoms in total. The highest BCUT2D eigenvalue weighted by Crippen LogP contribution is 2.11.